The van der Waals surface area contributed by atoms with Crippen molar-refractivity contribution in [2.24, 2.45) is 0 Å². The van der Waals surface area contributed by atoms with Crippen molar-refractivity contribution in [2.75, 3.05) is 4.72 Å². The van der Waals surface area contributed by atoms with Gasteiger partial charge in [-0.15, -0.1) is 0 Å². The fourth-order valence-corrected chi connectivity index (χ4v) is 1.84. The molecule has 0 aliphatic carbocycles. The molecule has 104 valence electrons. The number of carboxylic acids is 1. The number of aryl methyl sites for hydroxylation is 1. The Morgan fingerprint density at radius 3 is 2.53 bits per heavy atom. The van der Waals surface area contributed by atoms with Crippen molar-refractivity contribution in [3.05, 3.63) is 35.4 Å². The predicted molar refractivity (Wildman–Crippen MR) is 66.4 cm³/mol. The summed E-state index contributed by atoms with van der Waals surface area (Å²) >= 11 is 0. The van der Waals surface area contributed by atoms with E-state index >= 15 is 0 Å². The molecule has 0 amide bonds. The quantitative estimate of drug-likeness (QED) is 0.813. The highest BCUT2D eigenvalue weighted by Gasteiger charge is 2.23. The third-order valence-corrected chi connectivity index (χ3v) is 3.16. The fourth-order valence-electron chi connectivity index (χ4n) is 1.30. The van der Waals surface area contributed by atoms with Gasteiger partial charge < -0.3 is 5.11 Å². The molecule has 0 saturated heterocycles. The maximum Gasteiger partial charge on any atom is 0.355 e. The van der Waals surface area contributed by atoms with E-state index in [9.17, 15) is 22.0 Å². The molecule has 0 radical (unpaired) electrons. The van der Waals surface area contributed by atoms with Crippen molar-refractivity contribution in [1.82, 2.24) is 0 Å². The number of benzene rings is 1. The number of halogens is 2. The van der Waals surface area contributed by atoms with Crippen LogP contribution in [0.3, 0.4) is 0 Å². The molecular weight excluding hydrogens is 280 g/mol. The summed E-state index contributed by atoms with van der Waals surface area (Å²) in [5.41, 5.74) is 1.08. The van der Waals surface area contributed by atoms with E-state index in [1.165, 1.54) is 24.3 Å². The summed E-state index contributed by atoms with van der Waals surface area (Å²) in [4.78, 5) is 10.4. The van der Waals surface area contributed by atoms with Crippen molar-refractivity contribution < 1.29 is 27.1 Å². The van der Waals surface area contributed by atoms with Gasteiger partial charge in [-0.3, -0.25) is 4.72 Å². The van der Waals surface area contributed by atoms with Crippen LogP contribution < -0.4 is 4.72 Å². The van der Waals surface area contributed by atoms with E-state index in [1.54, 1.807) is 11.6 Å². The van der Waals surface area contributed by atoms with Crippen LogP contribution >= 0.6 is 0 Å². The molecule has 1 rings (SSSR count). The topological polar surface area (TPSA) is 83.5 Å². The molecule has 2 N–H and O–H groups in total. The van der Waals surface area contributed by atoms with Crippen LogP contribution in [0.25, 0.3) is 6.08 Å². The van der Waals surface area contributed by atoms with Crippen LogP contribution in [0.2, 0.25) is 0 Å². The number of sulfonamides is 1. The van der Waals surface area contributed by atoms with Crippen molar-refractivity contribution in [3.63, 3.8) is 0 Å². The van der Waals surface area contributed by atoms with Gasteiger partial charge in [0.05, 0.1) is 0 Å². The van der Waals surface area contributed by atoms with Crippen LogP contribution in [0.4, 0.5) is 14.5 Å². The zero-order chi connectivity index (χ0) is 14.6. The lowest BCUT2D eigenvalue weighted by Crippen LogP contribution is -2.20. The summed E-state index contributed by atoms with van der Waals surface area (Å²) in [6.45, 7) is 1.60. The fraction of sp³-hybridized carbons (Fsp3) is 0.182. The average Bonchev–Trinajstić information content (AvgIpc) is 2.26. The third-order valence-electron chi connectivity index (χ3n) is 2.17. The molecule has 0 unspecified atom stereocenters. The zero-order valence-electron chi connectivity index (χ0n) is 9.80. The highest BCUT2D eigenvalue weighted by atomic mass is 32.2. The molecule has 1 aromatic carbocycles. The second-order valence-electron chi connectivity index (χ2n) is 3.65. The Kier molecular flexibility index (Phi) is 4.60. The second-order valence-corrected chi connectivity index (χ2v) is 5.30. The lowest BCUT2D eigenvalue weighted by molar-refractivity contribution is -0.131. The van der Waals surface area contributed by atoms with Gasteiger partial charge in [-0.1, -0.05) is 6.07 Å². The Morgan fingerprint density at radius 2 is 2.05 bits per heavy atom. The van der Waals surface area contributed by atoms with Gasteiger partial charge in [0.2, 0.25) is 0 Å². The minimum absolute atomic E-state index is 0.00900. The van der Waals surface area contributed by atoms with Crippen LogP contribution in [0.15, 0.2) is 24.3 Å². The maximum absolute atomic E-state index is 12.2. The molecule has 0 aliphatic heterocycles. The van der Waals surface area contributed by atoms with Gasteiger partial charge in [0.15, 0.2) is 0 Å². The summed E-state index contributed by atoms with van der Waals surface area (Å²) in [5, 5.41) is 8.47. The van der Waals surface area contributed by atoms with Gasteiger partial charge in [-0.25, -0.2) is 13.2 Å². The molecule has 0 aromatic heterocycles. The second kappa shape index (κ2) is 5.79. The van der Waals surface area contributed by atoms with Gasteiger partial charge in [0.1, 0.15) is 0 Å². The Labute approximate surface area is 108 Å². The summed E-state index contributed by atoms with van der Waals surface area (Å²) in [6, 6.07) is 4.04. The molecule has 19 heavy (non-hydrogen) atoms. The first-order valence-electron chi connectivity index (χ1n) is 5.04. The minimum atomic E-state index is -4.70. The lowest BCUT2D eigenvalue weighted by Gasteiger charge is -2.09. The number of aliphatic carboxylic acids is 1. The average molecular weight is 291 g/mol. The van der Waals surface area contributed by atoms with Crippen LogP contribution in [-0.4, -0.2) is 25.3 Å². The van der Waals surface area contributed by atoms with Gasteiger partial charge in [-0.05, 0) is 36.3 Å². The van der Waals surface area contributed by atoms with Crippen molar-refractivity contribution in [2.45, 2.75) is 12.7 Å². The molecule has 0 fully saturated rings. The van der Waals surface area contributed by atoms with E-state index in [2.05, 4.69) is 0 Å². The van der Waals surface area contributed by atoms with E-state index in [-0.39, 0.29) is 5.69 Å². The van der Waals surface area contributed by atoms with Crippen molar-refractivity contribution in [1.29, 1.82) is 0 Å². The Morgan fingerprint density at radius 1 is 1.42 bits per heavy atom. The predicted octanol–water partition coefficient (Wildman–Crippen LogP) is 2.06. The Bertz CT molecular complexity index is 611. The Balaban J connectivity index is 2.98. The van der Waals surface area contributed by atoms with E-state index in [1.807, 2.05) is 0 Å². The molecule has 1 aromatic rings. The normalized spacial score (nSPS) is 12.0. The largest absolute Gasteiger partial charge is 0.478 e. The highest BCUT2D eigenvalue weighted by Crippen LogP contribution is 2.19. The molecule has 0 atom stereocenters. The molecule has 0 saturated carbocycles. The summed E-state index contributed by atoms with van der Waals surface area (Å²) in [6.07, 6.45) is 2.24. The maximum atomic E-state index is 12.2. The lowest BCUT2D eigenvalue weighted by atomic mass is 10.1. The molecule has 5 nitrogen and oxygen atoms in total. The molecular formula is C11H11F2NO4S. The summed E-state index contributed by atoms with van der Waals surface area (Å²) < 4.78 is 48.0. The van der Waals surface area contributed by atoms with E-state index in [0.29, 0.717) is 11.1 Å². The monoisotopic (exact) mass is 291 g/mol. The van der Waals surface area contributed by atoms with Gasteiger partial charge >= 0.3 is 11.7 Å². The molecule has 8 heteroatoms. The van der Waals surface area contributed by atoms with Crippen molar-refractivity contribution in [3.8, 4) is 0 Å². The first-order valence-corrected chi connectivity index (χ1v) is 6.58. The first-order chi connectivity index (χ1) is 8.72. The number of carboxylic acid groups (broad SMARTS) is 1. The molecule has 0 heterocycles. The van der Waals surface area contributed by atoms with Crippen LogP contribution in [0, 0.1) is 6.92 Å². The highest BCUT2D eigenvalue weighted by molar-refractivity contribution is 7.93. The number of hydrogen-bond acceptors (Lipinski definition) is 3. The van der Waals surface area contributed by atoms with Crippen LogP contribution in [0.5, 0.6) is 0 Å². The minimum Gasteiger partial charge on any atom is -0.478 e. The van der Waals surface area contributed by atoms with E-state index in [4.69, 9.17) is 5.11 Å². The van der Waals surface area contributed by atoms with Crippen LogP contribution in [-0.2, 0) is 14.8 Å². The number of alkyl halides is 2. The third kappa shape index (κ3) is 4.32. The van der Waals surface area contributed by atoms with Crippen LogP contribution in [0.1, 0.15) is 11.1 Å². The van der Waals surface area contributed by atoms with E-state index < -0.39 is 21.8 Å². The summed E-state index contributed by atoms with van der Waals surface area (Å²) in [5.74, 6) is -4.64. The smallest absolute Gasteiger partial charge is 0.355 e. The number of nitrogens with one attached hydrogen (secondary N) is 1. The summed E-state index contributed by atoms with van der Waals surface area (Å²) in [7, 11) is -4.70. The molecule has 0 spiro atoms. The number of rotatable bonds is 5. The SMILES string of the molecule is Cc1cc(NS(=O)(=O)C(F)F)ccc1/C=C/C(=O)O. The van der Waals surface area contributed by atoms with Gasteiger partial charge in [0.25, 0.3) is 10.0 Å². The van der Waals surface area contributed by atoms with Gasteiger partial charge in [0, 0.05) is 11.8 Å². The number of hydrogen-bond donors (Lipinski definition) is 2. The molecule has 0 bridgehead atoms. The standard InChI is InChI=1S/C11H11F2NO4S/c1-7-6-9(14-19(17,18)11(12)13)4-2-8(7)3-5-10(15)16/h2-6,11,14H,1H3,(H,15,16)/b5-3+. The zero-order valence-corrected chi connectivity index (χ0v) is 10.6. The first kappa shape index (κ1) is 15.1. The Hall–Kier alpha value is -1.96. The number of carbonyl (C=O) groups is 1. The molecule has 0 aliphatic rings. The van der Waals surface area contributed by atoms with Gasteiger partial charge in [-0.2, -0.15) is 8.78 Å². The van der Waals surface area contributed by atoms with Crippen molar-refractivity contribution >= 4 is 27.8 Å². The van der Waals surface area contributed by atoms with E-state index in [0.717, 1.165) is 6.08 Å². The number of anilines is 1.